The summed E-state index contributed by atoms with van der Waals surface area (Å²) in [7, 11) is 0. The molecule has 3 heteroatoms. The molecule has 0 radical (unpaired) electrons. The first-order chi connectivity index (χ1) is 5.74. The minimum absolute atomic E-state index is 0.248. The summed E-state index contributed by atoms with van der Waals surface area (Å²) in [5.41, 5.74) is 0.782. The third-order valence-electron chi connectivity index (χ3n) is 1.63. The Labute approximate surface area is 80.0 Å². The molecule has 0 aliphatic carbocycles. The smallest absolute Gasteiger partial charge is 0.118 e. The lowest BCUT2D eigenvalue weighted by molar-refractivity contribution is 0.200. The predicted molar refractivity (Wildman–Crippen MR) is 51.6 cm³/mol. The second-order valence-electron chi connectivity index (χ2n) is 2.64. The Morgan fingerprint density at radius 2 is 2.00 bits per heavy atom. The highest BCUT2D eigenvalue weighted by molar-refractivity contribution is 9.09. The van der Waals surface area contributed by atoms with Crippen LogP contribution in [0.5, 0.6) is 5.75 Å². The molecule has 1 aromatic rings. The number of aliphatic hydroxyl groups excluding tert-OH is 1. The van der Waals surface area contributed by atoms with Gasteiger partial charge in [0.05, 0.1) is 6.10 Å². The van der Waals surface area contributed by atoms with E-state index in [0.717, 1.165) is 5.56 Å². The van der Waals surface area contributed by atoms with Gasteiger partial charge in [-0.2, -0.15) is 0 Å². The molecule has 0 saturated heterocycles. The van der Waals surface area contributed by atoms with Crippen LogP contribution in [0.2, 0.25) is 0 Å². The zero-order valence-electron chi connectivity index (χ0n) is 6.57. The number of para-hydroxylation sites is 1. The van der Waals surface area contributed by atoms with Gasteiger partial charge in [-0.1, -0.05) is 34.1 Å². The molecule has 0 unspecified atom stereocenters. The van der Waals surface area contributed by atoms with Gasteiger partial charge in [0.1, 0.15) is 5.75 Å². The maximum absolute atomic E-state index is 9.33. The monoisotopic (exact) mass is 230 g/mol. The Kier molecular flexibility index (Phi) is 3.56. The number of rotatable bonds is 3. The largest absolute Gasteiger partial charge is 0.508 e. The fraction of sp³-hybridized carbons (Fsp3) is 0.333. The maximum atomic E-state index is 9.33. The van der Waals surface area contributed by atoms with E-state index in [1.165, 1.54) is 0 Å². The Hall–Kier alpha value is -0.540. The first-order valence-corrected chi connectivity index (χ1v) is 4.87. The molecule has 0 heterocycles. The van der Waals surface area contributed by atoms with Crippen molar-refractivity contribution in [2.24, 2.45) is 0 Å². The number of hydrogen-bond donors (Lipinski definition) is 2. The number of aliphatic hydroxyl groups is 1. The molecule has 12 heavy (non-hydrogen) atoms. The van der Waals surface area contributed by atoms with Crippen molar-refractivity contribution in [3.63, 3.8) is 0 Å². The summed E-state index contributed by atoms with van der Waals surface area (Å²) in [5.74, 6) is 0.248. The lowest BCUT2D eigenvalue weighted by Gasteiger charge is -2.07. The highest BCUT2D eigenvalue weighted by Crippen LogP contribution is 2.17. The quantitative estimate of drug-likeness (QED) is 0.777. The number of halogens is 1. The number of hydrogen-bond acceptors (Lipinski definition) is 2. The molecular weight excluding hydrogens is 220 g/mol. The van der Waals surface area contributed by atoms with E-state index in [2.05, 4.69) is 15.9 Å². The van der Waals surface area contributed by atoms with Crippen molar-refractivity contribution < 1.29 is 10.2 Å². The van der Waals surface area contributed by atoms with Crippen LogP contribution in [0.4, 0.5) is 0 Å². The van der Waals surface area contributed by atoms with Crippen molar-refractivity contribution in [1.82, 2.24) is 0 Å². The standard InChI is InChI=1S/C9H11BrO2/c10-6-8(11)5-7-3-1-2-4-9(7)12/h1-4,8,11-12H,5-6H2/t8-/m0/s1. The topological polar surface area (TPSA) is 40.5 Å². The van der Waals surface area contributed by atoms with Crippen LogP contribution >= 0.6 is 15.9 Å². The lowest BCUT2D eigenvalue weighted by Crippen LogP contribution is -2.11. The maximum Gasteiger partial charge on any atom is 0.118 e. The molecule has 2 nitrogen and oxygen atoms in total. The van der Waals surface area contributed by atoms with Crippen LogP contribution in [-0.2, 0) is 6.42 Å². The van der Waals surface area contributed by atoms with Gasteiger partial charge in [-0.15, -0.1) is 0 Å². The van der Waals surface area contributed by atoms with Crippen LogP contribution in [0.3, 0.4) is 0 Å². The van der Waals surface area contributed by atoms with Crippen LogP contribution in [-0.4, -0.2) is 21.6 Å². The average molecular weight is 231 g/mol. The molecular formula is C9H11BrO2. The molecule has 0 aliphatic heterocycles. The van der Waals surface area contributed by atoms with Gasteiger partial charge >= 0.3 is 0 Å². The molecule has 1 atom stereocenters. The van der Waals surface area contributed by atoms with E-state index in [-0.39, 0.29) is 5.75 Å². The van der Waals surface area contributed by atoms with Crippen LogP contribution in [0.15, 0.2) is 24.3 Å². The van der Waals surface area contributed by atoms with E-state index in [9.17, 15) is 10.2 Å². The molecule has 1 aromatic carbocycles. The minimum atomic E-state index is -0.432. The predicted octanol–water partition coefficient (Wildman–Crippen LogP) is 1.69. The minimum Gasteiger partial charge on any atom is -0.508 e. The highest BCUT2D eigenvalue weighted by Gasteiger charge is 2.06. The fourth-order valence-corrected chi connectivity index (χ4v) is 1.22. The van der Waals surface area contributed by atoms with E-state index >= 15 is 0 Å². The Morgan fingerprint density at radius 1 is 1.33 bits per heavy atom. The molecule has 0 aromatic heterocycles. The molecule has 66 valence electrons. The number of benzene rings is 1. The third-order valence-corrected chi connectivity index (χ3v) is 2.37. The van der Waals surface area contributed by atoms with Crippen molar-refractivity contribution in [3.8, 4) is 5.75 Å². The molecule has 0 fully saturated rings. The summed E-state index contributed by atoms with van der Waals surface area (Å²) in [6.07, 6.45) is 0.0519. The molecule has 0 bridgehead atoms. The van der Waals surface area contributed by atoms with E-state index in [4.69, 9.17) is 0 Å². The second kappa shape index (κ2) is 4.48. The molecule has 0 aliphatic rings. The van der Waals surface area contributed by atoms with Gasteiger partial charge in [0.15, 0.2) is 0 Å². The van der Waals surface area contributed by atoms with Gasteiger partial charge in [0.2, 0.25) is 0 Å². The molecule has 0 amide bonds. The van der Waals surface area contributed by atoms with E-state index in [1.54, 1.807) is 18.2 Å². The number of alkyl halides is 1. The Balaban J connectivity index is 2.69. The summed E-state index contributed by atoms with van der Waals surface area (Å²) in [6, 6.07) is 7.03. The zero-order chi connectivity index (χ0) is 8.97. The highest BCUT2D eigenvalue weighted by atomic mass is 79.9. The zero-order valence-corrected chi connectivity index (χ0v) is 8.16. The van der Waals surface area contributed by atoms with E-state index < -0.39 is 6.10 Å². The molecule has 1 rings (SSSR count). The van der Waals surface area contributed by atoms with Gasteiger partial charge < -0.3 is 10.2 Å². The summed E-state index contributed by atoms with van der Waals surface area (Å²) >= 11 is 3.17. The van der Waals surface area contributed by atoms with Gasteiger partial charge in [0.25, 0.3) is 0 Å². The Bertz CT molecular complexity index is 250. The number of phenolic OH excluding ortho intramolecular Hbond substituents is 1. The van der Waals surface area contributed by atoms with Crippen LogP contribution < -0.4 is 0 Å². The van der Waals surface area contributed by atoms with Gasteiger partial charge in [0, 0.05) is 11.8 Å². The van der Waals surface area contributed by atoms with Crippen molar-refractivity contribution >= 4 is 15.9 Å². The van der Waals surface area contributed by atoms with Gasteiger partial charge in [-0.3, -0.25) is 0 Å². The lowest BCUT2D eigenvalue weighted by atomic mass is 10.1. The second-order valence-corrected chi connectivity index (χ2v) is 3.29. The molecule has 2 N–H and O–H groups in total. The molecule has 0 spiro atoms. The van der Waals surface area contributed by atoms with Crippen LogP contribution in [0, 0.1) is 0 Å². The van der Waals surface area contributed by atoms with Crippen molar-refractivity contribution in [2.75, 3.05) is 5.33 Å². The van der Waals surface area contributed by atoms with Crippen molar-refractivity contribution in [1.29, 1.82) is 0 Å². The number of aromatic hydroxyl groups is 1. The SMILES string of the molecule is Oc1ccccc1C[C@H](O)CBr. The molecule has 0 saturated carbocycles. The first-order valence-electron chi connectivity index (χ1n) is 3.75. The third kappa shape index (κ3) is 2.50. The summed E-state index contributed by atoms with van der Waals surface area (Å²) in [5, 5.41) is 19.1. The van der Waals surface area contributed by atoms with E-state index in [0.29, 0.717) is 11.8 Å². The van der Waals surface area contributed by atoms with Gasteiger partial charge in [-0.25, -0.2) is 0 Å². The number of phenols is 1. The van der Waals surface area contributed by atoms with Crippen molar-refractivity contribution in [2.45, 2.75) is 12.5 Å². The normalized spacial score (nSPS) is 12.8. The fourth-order valence-electron chi connectivity index (χ4n) is 0.992. The summed E-state index contributed by atoms with van der Waals surface area (Å²) < 4.78 is 0. The van der Waals surface area contributed by atoms with Crippen LogP contribution in [0.25, 0.3) is 0 Å². The Morgan fingerprint density at radius 3 is 2.58 bits per heavy atom. The van der Waals surface area contributed by atoms with Crippen LogP contribution in [0.1, 0.15) is 5.56 Å². The first kappa shape index (κ1) is 9.55. The van der Waals surface area contributed by atoms with Crippen molar-refractivity contribution in [3.05, 3.63) is 29.8 Å². The van der Waals surface area contributed by atoms with E-state index in [1.807, 2.05) is 6.07 Å². The average Bonchev–Trinajstić information content (AvgIpc) is 2.09. The summed E-state index contributed by atoms with van der Waals surface area (Å²) in [6.45, 7) is 0. The summed E-state index contributed by atoms with van der Waals surface area (Å²) in [4.78, 5) is 0. The van der Waals surface area contributed by atoms with Gasteiger partial charge in [-0.05, 0) is 11.6 Å².